The van der Waals surface area contributed by atoms with E-state index in [2.05, 4.69) is 114 Å². The summed E-state index contributed by atoms with van der Waals surface area (Å²) in [6, 6.07) is 47.3. The van der Waals surface area contributed by atoms with E-state index in [4.69, 9.17) is 14.7 Å². The van der Waals surface area contributed by atoms with E-state index in [-0.39, 0.29) is 0 Å². The molecule has 4 heteroatoms. The van der Waals surface area contributed by atoms with Crippen LogP contribution in [0.3, 0.4) is 0 Å². The monoisotopic (exact) mass is 549 g/mol. The normalized spacial score (nSPS) is 14.0. The van der Waals surface area contributed by atoms with Crippen LogP contribution in [0.15, 0.2) is 140 Å². The van der Waals surface area contributed by atoms with Crippen molar-refractivity contribution in [3.8, 4) is 28.4 Å². The lowest BCUT2D eigenvalue weighted by Crippen LogP contribution is -2.32. The van der Waals surface area contributed by atoms with E-state index in [0.717, 1.165) is 50.5 Å². The molecule has 6 aromatic carbocycles. The second-order valence-electron chi connectivity index (χ2n) is 11.4. The smallest absolute Gasteiger partial charge is 0.156 e. The van der Waals surface area contributed by atoms with E-state index >= 15 is 0 Å². The van der Waals surface area contributed by atoms with E-state index in [0.29, 0.717) is 0 Å². The molecule has 0 fully saturated rings. The molecule has 1 aliphatic carbocycles. The third kappa shape index (κ3) is 2.85. The Kier molecular flexibility index (Phi) is 4.35. The molecule has 8 aromatic rings. The van der Waals surface area contributed by atoms with Gasteiger partial charge in [0.2, 0.25) is 0 Å². The summed E-state index contributed by atoms with van der Waals surface area (Å²) < 4.78 is 8.82. The SMILES string of the molecule is c1ccc2c(c1)Oc1ccccc1C21c2ccccc2-c2cc3c4ccccc4n(-c4cnc5ccccc5n4)c3cc21. The van der Waals surface area contributed by atoms with Gasteiger partial charge in [0.15, 0.2) is 5.82 Å². The zero-order chi connectivity index (χ0) is 28.1. The topological polar surface area (TPSA) is 39.9 Å². The van der Waals surface area contributed by atoms with Crippen LogP contribution < -0.4 is 4.74 Å². The molecule has 2 aliphatic rings. The number of nitrogens with zero attached hydrogens (tertiary/aromatic N) is 3. The van der Waals surface area contributed by atoms with Gasteiger partial charge in [-0.25, -0.2) is 4.98 Å². The van der Waals surface area contributed by atoms with Gasteiger partial charge >= 0.3 is 0 Å². The van der Waals surface area contributed by atoms with E-state index in [1.165, 1.54) is 33.0 Å². The minimum atomic E-state index is -0.526. The van der Waals surface area contributed by atoms with Crippen molar-refractivity contribution in [3.05, 3.63) is 162 Å². The fraction of sp³-hybridized carbons (Fsp3) is 0.0256. The largest absolute Gasteiger partial charge is 0.457 e. The Morgan fingerprint density at radius 3 is 1.98 bits per heavy atom. The zero-order valence-corrected chi connectivity index (χ0v) is 23.0. The number of ether oxygens (including phenoxy) is 1. The molecule has 0 saturated carbocycles. The van der Waals surface area contributed by atoms with Gasteiger partial charge in [0.25, 0.3) is 0 Å². The summed E-state index contributed by atoms with van der Waals surface area (Å²) in [5.74, 6) is 2.59. The molecule has 1 aliphatic heterocycles. The van der Waals surface area contributed by atoms with Gasteiger partial charge in [0.05, 0.1) is 33.7 Å². The minimum absolute atomic E-state index is 0.526. The molecule has 0 bridgehead atoms. The molecule has 0 unspecified atom stereocenters. The van der Waals surface area contributed by atoms with Gasteiger partial charge in [-0.05, 0) is 64.7 Å². The number of benzene rings is 6. The predicted octanol–water partition coefficient (Wildman–Crippen LogP) is 9.20. The van der Waals surface area contributed by atoms with Gasteiger partial charge in [-0.15, -0.1) is 0 Å². The number of aromatic nitrogens is 3. The molecule has 0 saturated heterocycles. The average Bonchev–Trinajstić information content (AvgIpc) is 3.54. The van der Waals surface area contributed by atoms with Crippen molar-refractivity contribution in [1.82, 2.24) is 14.5 Å². The lowest BCUT2D eigenvalue weighted by atomic mass is 9.66. The van der Waals surface area contributed by atoms with Crippen molar-refractivity contribution in [3.63, 3.8) is 0 Å². The van der Waals surface area contributed by atoms with Gasteiger partial charge in [-0.2, -0.15) is 0 Å². The summed E-state index contributed by atoms with van der Waals surface area (Å²) in [7, 11) is 0. The molecular weight excluding hydrogens is 526 g/mol. The predicted molar refractivity (Wildman–Crippen MR) is 171 cm³/mol. The van der Waals surface area contributed by atoms with Crippen LogP contribution in [0.25, 0.3) is 49.8 Å². The summed E-state index contributed by atoms with van der Waals surface area (Å²) in [6.07, 6.45) is 1.89. The maximum Gasteiger partial charge on any atom is 0.156 e. The van der Waals surface area contributed by atoms with E-state index in [9.17, 15) is 0 Å². The molecule has 43 heavy (non-hydrogen) atoms. The summed E-state index contributed by atoms with van der Waals surface area (Å²) >= 11 is 0. The maximum absolute atomic E-state index is 6.54. The Hall–Kier alpha value is -5.74. The molecular formula is C39H23N3O. The summed E-state index contributed by atoms with van der Waals surface area (Å²) in [4.78, 5) is 9.91. The van der Waals surface area contributed by atoms with Crippen LogP contribution in [-0.2, 0) is 5.41 Å². The third-order valence-electron chi connectivity index (χ3n) is 9.30. The quantitative estimate of drug-likeness (QED) is 0.205. The van der Waals surface area contributed by atoms with Crippen LogP contribution in [0.1, 0.15) is 22.3 Å². The first-order valence-corrected chi connectivity index (χ1v) is 14.6. The van der Waals surface area contributed by atoms with Gasteiger partial charge in [-0.1, -0.05) is 91.0 Å². The van der Waals surface area contributed by atoms with E-state index in [1.54, 1.807) is 0 Å². The van der Waals surface area contributed by atoms with Crippen molar-refractivity contribution >= 4 is 32.8 Å². The van der Waals surface area contributed by atoms with Crippen LogP contribution in [-0.4, -0.2) is 14.5 Å². The number of rotatable bonds is 1. The Balaban J connectivity index is 1.39. The standard InChI is InChI=1S/C39H23N3O/c1-3-13-28-24(11-1)26-21-27-25-12-2-8-18-34(25)42(38-23-40-32-16-6-7-17-33(32)41-38)35(27)22-31(26)39(28)29-14-4-9-19-36(29)43-37-20-10-5-15-30(37)39/h1-23H. The van der Waals surface area contributed by atoms with Crippen LogP contribution in [0, 0.1) is 0 Å². The zero-order valence-electron chi connectivity index (χ0n) is 23.0. The minimum Gasteiger partial charge on any atom is -0.457 e. The third-order valence-corrected chi connectivity index (χ3v) is 9.30. The molecule has 0 atom stereocenters. The highest BCUT2D eigenvalue weighted by Crippen LogP contribution is 2.62. The lowest BCUT2D eigenvalue weighted by molar-refractivity contribution is 0.436. The number of hydrogen-bond acceptors (Lipinski definition) is 3. The fourth-order valence-electron chi connectivity index (χ4n) is 7.62. The van der Waals surface area contributed by atoms with E-state index in [1.807, 2.05) is 30.5 Å². The molecule has 2 aromatic heterocycles. The highest BCUT2D eigenvalue weighted by molar-refractivity contribution is 6.12. The summed E-state index contributed by atoms with van der Waals surface area (Å²) in [5, 5.41) is 2.39. The molecule has 1 spiro atoms. The molecule has 200 valence electrons. The van der Waals surface area contributed by atoms with Crippen molar-refractivity contribution in [2.45, 2.75) is 5.41 Å². The van der Waals surface area contributed by atoms with Crippen molar-refractivity contribution in [2.24, 2.45) is 0 Å². The Bertz CT molecular complexity index is 2410. The summed E-state index contributed by atoms with van der Waals surface area (Å²) in [6.45, 7) is 0. The second-order valence-corrected chi connectivity index (χ2v) is 11.4. The number of fused-ring (bicyclic) bond motifs is 13. The van der Waals surface area contributed by atoms with Crippen LogP contribution in [0.5, 0.6) is 11.5 Å². The molecule has 4 nitrogen and oxygen atoms in total. The maximum atomic E-state index is 6.54. The van der Waals surface area contributed by atoms with Gasteiger partial charge in [0.1, 0.15) is 11.5 Å². The molecule has 10 rings (SSSR count). The van der Waals surface area contributed by atoms with Crippen LogP contribution >= 0.6 is 0 Å². The van der Waals surface area contributed by atoms with Gasteiger partial charge in [-0.3, -0.25) is 9.55 Å². The molecule has 3 heterocycles. The van der Waals surface area contributed by atoms with Crippen LogP contribution in [0.4, 0.5) is 0 Å². The lowest BCUT2D eigenvalue weighted by Gasteiger charge is -2.39. The Labute approximate surface area is 247 Å². The molecule has 0 amide bonds. The Morgan fingerprint density at radius 2 is 1.16 bits per heavy atom. The summed E-state index contributed by atoms with van der Waals surface area (Å²) in [5.41, 5.74) is 10.8. The molecule has 0 N–H and O–H groups in total. The Morgan fingerprint density at radius 1 is 0.512 bits per heavy atom. The van der Waals surface area contributed by atoms with Gasteiger partial charge in [0, 0.05) is 21.9 Å². The molecule has 0 radical (unpaired) electrons. The highest BCUT2D eigenvalue weighted by Gasteiger charge is 2.51. The fourth-order valence-corrected chi connectivity index (χ4v) is 7.62. The number of para-hydroxylation sites is 5. The van der Waals surface area contributed by atoms with Crippen LogP contribution in [0.2, 0.25) is 0 Å². The van der Waals surface area contributed by atoms with Crippen molar-refractivity contribution in [1.29, 1.82) is 0 Å². The first-order chi connectivity index (χ1) is 21.3. The first-order valence-electron chi connectivity index (χ1n) is 14.6. The second kappa shape index (κ2) is 8.17. The van der Waals surface area contributed by atoms with Crippen molar-refractivity contribution in [2.75, 3.05) is 0 Å². The van der Waals surface area contributed by atoms with E-state index < -0.39 is 5.41 Å². The van der Waals surface area contributed by atoms with Gasteiger partial charge < -0.3 is 4.74 Å². The first kappa shape index (κ1) is 22.9. The number of hydrogen-bond donors (Lipinski definition) is 0. The van der Waals surface area contributed by atoms with Crippen molar-refractivity contribution < 1.29 is 4.74 Å². The average molecular weight is 550 g/mol. The highest BCUT2D eigenvalue weighted by atomic mass is 16.5.